The summed E-state index contributed by atoms with van der Waals surface area (Å²) in [5.74, 6) is 2.24. The number of carbonyl (C=O) groups is 1. The van der Waals surface area contributed by atoms with Gasteiger partial charge >= 0.3 is 5.97 Å². The molecule has 0 aliphatic heterocycles. The zero-order valence-corrected chi connectivity index (χ0v) is 15.2. The topological polar surface area (TPSA) is 37.3 Å². The average molecular weight is 326 g/mol. The molecule has 0 radical (unpaired) electrons. The number of hydrogen-bond acceptors (Lipinski definition) is 1. The van der Waals surface area contributed by atoms with Gasteiger partial charge in [-0.25, -0.2) is 0 Å². The summed E-state index contributed by atoms with van der Waals surface area (Å²) in [6, 6.07) is 0. The summed E-state index contributed by atoms with van der Waals surface area (Å²) in [5.41, 5.74) is 2.97. The molecule has 2 fully saturated rings. The van der Waals surface area contributed by atoms with E-state index in [1.165, 1.54) is 31.3 Å². The van der Waals surface area contributed by atoms with Crippen molar-refractivity contribution in [3.8, 4) is 0 Å². The summed E-state index contributed by atoms with van der Waals surface area (Å²) in [5, 5.41) is 9.28. The van der Waals surface area contributed by atoms with E-state index in [0.717, 1.165) is 23.8 Å². The van der Waals surface area contributed by atoms with Crippen LogP contribution in [0.2, 0.25) is 0 Å². The van der Waals surface area contributed by atoms with E-state index in [9.17, 15) is 9.90 Å². The standard InChI is InChI=1S/C22H30O2/c1-14-6-8-18-16-7-9-17-15(13-20(23)24)5-4-11-22(17,3)19(16)10-12-21(14,18)2/h4,7,9,11,14,16,18-19H,5-6,8,10,12-13H2,1-3H3,(H,23,24)/t14-,16+,18+,19+,21-,22+/m1/s1. The molecule has 130 valence electrons. The second-order valence-electron chi connectivity index (χ2n) is 9.15. The molecule has 0 saturated heterocycles. The van der Waals surface area contributed by atoms with Crippen LogP contribution < -0.4 is 0 Å². The van der Waals surface area contributed by atoms with Crippen molar-refractivity contribution >= 4 is 5.97 Å². The van der Waals surface area contributed by atoms with Crippen LogP contribution in [0, 0.1) is 34.5 Å². The number of carboxylic acid groups (broad SMARTS) is 1. The minimum atomic E-state index is -0.702. The first kappa shape index (κ1) is 16.2. The molecule has 2 nitrogen and oxygen atoms in total. The van der Waals surface area contributed by atoms with E-state index in [4.69, 9.17) is 0 Å². The van der Waals surface area contributed by atoms with Crippen molar-refractivity contribution in [2.24, 2.45) is 34.5 Å². The molecule has 0 aromatic heterocycles. The van der Waals surface area contributed by atoms with E-state index >= 15 is 0 Å². The molecular formula is C22H30O2. The molecule has 6 atom stereocenters. The second-order valence-corrected chi connectivity index (χ2v) is 9.15. The second kappa shape index (κ2) is 5.34. The fraction of sp³-hybridized carbons (Fsp3) is 0.682. The van der Waals surface area contributed by atoms with Gasteiger partial charge in [-0.3, -0.25) is 4.79 Å². The van der Waals surface area contributed by atoms with Gasteiger partial charge in [-0.05, 0) is 66.8 Å². The van der Waals surface area contributed by atoms with E-state index in [1.807, 2.05) is 0 Å². The molecule has 0 aromatic carbocycles. The Morgan fingerprint density at radius 1 is 1.25 bits per heavy atom. The summed E-state index contributed by atoms with van der Waals surface area (Å²) in [6.07, 6.45) is 15.7. The highest BCUT2D eigenvalue weighted by Gasteiger charge is 2.56. The van der Waals surface area contributed by atoms with E-state index in [1.54, 1.807) is 0 Å². The van der Waals surface area contributed by atoms with Crippen LogP contribution in [-0.2, 0) is 4.79 Å². The Bertz CT molecular complexity index is 655. The largest absolute Gasteiger partial charge is 0.481 e. The van der Waals surface area contributed by atoms with Crippen LogP contribution in [0.1, 0.15) is 59.3 Å². The number of fused-ring (bicyclic) bond motifs is 5. The molecule has 4 aliphatic rings. The van der Waals surface area contributed by atoms with Crippen molar-refractivity contribution in [2.75, 3.05) is 0 Å². The SMILES string of the molecule is C[C@@H]1CC[C@H]2[C@@H]3C=CC4=C(CC(=O)O)CC=C[C@]4(C)[C@H]3CC[C@]12C. The normalized spacial score (nSPS) is 46.5. The van der Waals surface area contributed by atoms with Crippen LogP contribution in [0.25, 0.3) is 0 Å². The fourth-order valence-corrected chi connectivity index (χ4v) is 6.63. The molecule has 24 heavy (non-hydrogen) atoms. The van der Waals surface area contributed by atoms with E-state index in [-0.39, 0.29) is 11.8 Å². The van der Waals surface area contributed by atoms with Gasteiger partial charge in [0.15, 0.2) is 0 Å². The van der Waals surface area contributed by atoms with Gasteiger partial charge in [0.25, 0.3) is 0 Å². The highest BCUT2D eigenvalue weighted by Crippen LogP contribution is 2.64. The summed E-state index contributed by atoms with van der Waals surface area (Å²) in [4.78, 5) is 11.3. The molecule has 4 rings (SSSR count). The molecule has 2 heteroatoms. The van der Waals surface area contributed by atoms with Gasteiger partial charge in [0.05, 0.1) is 6.42 Å². The zero-order valence-electron chi connectivity index (χ0n) is 15.2. The van der Waals surface area contributed by atoms with Crippen LogP contribution in [0.15, 0.2) is 35.5 Å². The van der Waals surface area contributed by atoms with Gasteiger partial charge in [0.1, 0.15) is 0 Å². The Labute approximate surface area is 145 Å². The van der Waals surface area contributed by atoms with Gasteiger partial charge in [0.2, 0.25) is 0 Å². The number of rotatable bonds is 2. The minimum Gasteiger partial charge on any atom is -0.481 e. The van der Waals surface area contributed by atoms with Gasteiger partial charge in [0, 0.05) is 5.41 Å². The van der Waals surface area contributed by atoms with Gasteiger partial charge in [-0.1, -0.05) is 50.6 Å². The highest BCUT2D eigenvalue weighted by atomic mass is 16.4. The number of allylic oxidation sites excluding steroid dienone is 5. The Balaban J connectivity index is 1.75. The van der Waals surface area contributed by atoms with E-state index in [2.05, 4.69) is 45.1 Å². The predicted octanol–water partition coefficient (Wildman–Crippen LogP) is 5.37. The van der Waals surface area contributed by atoms with Crippen LogP contribution in [0.4, 0.5) is 0 Å². The molecule has 2 saturated carbocycles. The van der Waals surface area contributed by atoms with Crippen molar-refractivity contribution in [3.63, 3.8) is 0 Å². The zero-order chi connectivity index (χ0) is 17.1. The maximum atomic E-state index is 11.3. The van der Waals surface area contributed by atoms with Crippen LogP contribution in [0.3, 0.4) is 0 Å². The summed E-state index contributed by atoms with van der Waals surface area (Å²) >= 11 is 0. The number of carboxylic acids is 1. The molecule has 0 unspecified atom stereocenters. The molecule has 0 aromatic rings. The third kappa shape index (κ3) is 2.11. The van der Waals surface area contributed by atoms with Crippen molar-refractivity contribution in [3.05, 3.63) is 35.5 Å². The molecular weight excluding hydrogens is 296 g/mol. The van der Waals surface area contributed by atoms with Crippen molar-refractivity contribution < 1.29 is 9.90 Å². The Kier molecular flexibility index (Phi) is 3.60. The summed E-state index contributed by atoms with van der Waals surface area (Å²) in [7, 11) is 0. The van der Waals surface area contributed by atoms with Crippen molar-refractivity contribution in [1.29, 1.82) is 0 Å². The van der Waals surface area contributed by atoms with E-state index < -0.39 is 5.97 Å². The monoisotopic (exact) mass is 326 g/mol. The maximum Gasteiger partial charge on any atom is 0.307 e. The molecule has 0 spiro atoms. The van der Waals surface area contributed by atoms with Gasteiger partial charge < -0.3 is 5.11 Å². The lowest BCUT2D eigenvalue weighted by Crippen LogP contribution is -2.47. The Morgan fingerprint density at radius 3 is 2.79 bits per heavy atom. The smallest absolute Gasteiger partial charge is 0.307 e. The Morgan fingerprint density at radius 2 is 2.04 bits per heavy atom. The van der Waals surface area contributed by atoms with Crippen LogP contribution >= 0.6 is 0 Å². The first-order valence-electron chi connectivity index (χ1n) is 9.66. The lowest BCUT2D eigenvalue weighted by Gasteiger charge is -2.55. The maximum absolute atomic E-state index is 11.3. The third-order valence-corrected chi connectivity index (χ3v) is 8.22. The van der Waals surface area contributed by atoms with Crippen LogP contribution in [-0.4, -0.2) is 11.1 Å². The van der Waals surface area contributed by atoms with Crippen molar-refractivity contribution in [2.45, 2.75) is 59.3 Å². The molecule has 0 heterocycles. The highest BCUT2D eigenvalue weighted by molar-refractivity contribution is 5.71. The summed E-state index contributed by atoms with van der Waals surface area (Å²) in [6.45, 7) is 7.34. The lowest BCUT2D eigenvalue weighted by molar-refractivity contribution is -0.136. The average Bonchev–Trinajstić information content (AvgIpc) is 2.82. The van der Waals surface area contributed by atoms with Crippen LogP contribution in [0.5, 0.6) is 0 Å². The van der Waals surface area contributed by atoms with E-state index in [0.29, 0.717) is 17.3 Å². The molecule has 0 bridgehead atoms. The van der Waals surface area contributed by atoms with Gasteiger partial charge in [-0.15, -0.1) is 0 Å². The number of aliphatic carboxylic acids is 1. The predicted molar refractivity (Wildman–Crippen MR) is 96.5 cm³/mol. The lowest BCUT2D eigenvalue weighted by atomic mass is 9.49. The molecule has 1 N–H and O–H groups in total. The quantitative estimate of drug-likeness (QED) is 0.692. The third-order valence-electron chi connectivity index (χ3n) is 8.22. The Hall–Kier alpha value is -1.31. The van der Waals surface area contributed by atoms with Crippen molar-refractivity contribution in [1.82, 2.24) is 0 Å². The first-order chi connectivity index (χ1) is 11.4. The first-order valence-corrected chi connectivity index (χ1v) is 9.66. The number of hydrogen-bond donors (Lipinski definition) is 1. The minimum absolute atomic E-state index is 0.0373. The van der Waals surface area contributed by atoms with Gasteiger partial charge in [-0.2, -0.15) is 0 Å². The summed E-state index contributed by atoms with van der Waals surface area (Å²) < 4.78 is 0. The molecule has 4 aliphatic carbocycles. The fourth-order valence-electron chi connectivity index (χ4n) is 6.63. The molecule has 0 amide bonds.